The second-order valence-corrected chi connectivity index (χ2v) is 14.4. The molecule has 5 aromatic rings. The van der Waals surface area contributed by atoms with Crippen molar-refractivity contribution in [1.82, 2.24) is 5.32 Å². The smallest absolute Gasteiger partial charge is 0.252 e. The van der Waals surface area contributed by atoms with Gasteiger partial charge in [0.05, 0.1) is 17.3 Å². The number of carbonyl (C=O) groups is 1. The van der Waals surface area contributed by atoms with Crippen molar-refractivity contribution < 1.29 is 32.2 Å². The molecular formula is C41H39FN2O6S. The van der Waals surface area contributed by atoms with Gasteiger partial charge >= 0.3 is 0 Å². The molecule has 2 atom stereocenters. The zero-order chi connectivity index (χ0) is 35.7. The highest BCUT2D eigenvalue weighted by molar-refractivity contribution is 7.91. The maximum Gasteiger partial charge on any atom is 0.252 e. The molecule has 51 heavy (non-hydrogen) atoms. The molecule has 0 aliphatic carbocycles. The van der Waals surface area contributed by atoms with Gasteiger partial charge in [-0.05, 0) is 77.2 Å². The Bertz CT molecular complexity index is 2060. The van der Waals surface area contributed by atoms with Crippen molar-refractivity contribution in [3.63, 3.8) is 0 Å². The van der Waals surface area contributed by atoms with Gasteiger partial charge in [0, 0.05) is 31.6 Å². The van der Waals surface area contributed by atoms with E-state index >= 15 is 0 Å². The molecule has 0 bridgehead atoms. The molecule has 0 fully saturated rings. The summed E-state index contributed by atoms with van der Waals surface area (Å²) in [5, 5.41) is 12.1. The number of nitrogens with one attached hydrogen (secondary N) is 1. The van der Waals surface area contributed by atoms with Crippen LogP contribution in [0.2, 0.25) is 0 Å². The molecule has 8 nitrogen and oxygen atoms in total. The van der Waals surface area contributed by atoms with E-state index in [1.807, 2.05) is 54.6 Å². The van der Waals surface area contributed by atoms with Gasteiger partial charge in [0.25, 0.3) is 5.91 Å². The third-order valence-corrected chi connectivity index (χ3v) is 10.5. The predicted octanol–water partition coefficient (Wildman–Crippen LogP) is 6.73. The standard InChI is InChI=1S/C41H39FN2O6S/c42-35-12-7-9-30(29-35)23-25-43-40(46)41(24-28-51(47,48)37-13-5-2-6-14-37)38(33-17-15-32(16-18-33)31-10-3-1-4-11-31)50-39(44-41)34-19-21-36(22-20-34)49-27-8-26-45/h1-7,9-22,29,38,45H,8,23-28H2,(H,43,46)/t38-,41-/m1/s1. The lowest BCUT2D eigenvalue weighted by Crippen LogP contribution is -2.49. The number of sulfone groups is 1. The van der Waals surface area contributed by atoms with E-state index in [2.05, 4.69) is 5.32 Å². The van der Waals surface area contributed by atoms with E-state index in [-0.39, 0.29) is 41.9 Å². The number of amides is 1. The average Bonchev–Trinajstić information content (AvgIpc) is 3.56. The first kappa shape index (κ1) is 35.5. The summed E-state index contributed by atoms with van der Waals surface area (Å²) in [5.74, 6) is -0.465. The molecule has 0 saturated carbocycles. The first-order chi connectivity index (χ1) is 24.8. The summed E-state index contributed by atoms with van der Waals surface area (Å²) < 4.78 is 53.4. The van der Waals surface area contributed by atoms with Crippen LogP contribution in [0, 0.1) is 5.82 Å². The van der Waals surface area contributed by atoms with E-state index < -0.39 is 27.4 Å². The molecule has 0 aromatic heterocycles. The fraction of sp³-hybridized carbons (Fsp3) is 0.220. The molecule has 0 unspecified atom stereocenters. The highest BCUT2D eigenvalue weighted by Gasteiger charge is 2.53. The molecule has 10 heteroatoms. The quantitative estimate of drug-likeness (QED) is 0.117. The number of aliphatic imine (C=N–C) groups is 1. The van der Waals surface area contributed by atoms with Crippen LogP contribution in [0.5, 0.6) is 5.75 Å². The van der Waals surface area contributed by atoms with Crippen LogP contribution in [0.15, 0.2) is 143 Å². The number of ether oxygens (including phenoxy) is 2. The van der Waals surface area contributed by atoms with Gasteiger partial charge in [0.2, 0.25) is 5.90 Å². The van der Waals surface area contributed by atoms with Gasteiger partial charge in [-0.3, -0.25) is 4.79 Å². The van der Waals surface area contributed by atoms with Crippen molar-refractivity contribution in [3.8, 4) is 16.9 Å². The van der Waals surface area contributed by atoms with Crippen LogP contribution in [0.1, 0.15) is 35.6 Å². The van der Waals surface area contributed by atoms with Gasteiger partial charge in [-0.1, -0.05) is 84.9 Å². The van der Waals surface area contributed by atoms with Gasteiger partial charge in [0.15, 0.2) is 21.5 Å². The van der Waals surface area contributed by atoms with E-state index in [9.17, 15) is 17.6 Å². The monoisotopic (exact) mass is 706 g/mol. The molecule has 1 amide bonds. The summed E-state index contributed by atoms with van der Waals surface area (Å²) >= 11 is 0. The lowest BCUT2D eigenvalue weighted by Gasteiger charge is -2.30. The molecule has 0 radical (unpaired) electrons. The number of hydrogen-bond donors (Lipinski definition) is 2. The molecule has 2 N–H and O–H groups in total. The van der Waals surface area contributed by atoms with Crippen LogP contribution in [0.4, 0.5) is 4.39 Å². The Balaban J connectivity index is 1.38. The summed E-state index contributed by atoms with van der Waals surface area (Å²) in [7, 11) is -3.82. The number of aliphatic hydroxyl groups is 1. The molecular weight excluding hydrogens is 668 g/mol. The Kier molecular flexibility index (Phi) is 11.2. The number of benzene rings is 5. The number of nitrogens with zero attached hydrogens (tertiary/aromatic N) is 1. The zero-order valence-corrected chi connectivity index (χ0v) is 28.8. The number of carbonyl (C=O) groups excluding carboxylic acids is 1. The van der Waals surface area contributed by atoms with Crippen molar-refractivity contribution in [2.45, 2.75) is 35.8 Å². The second-order valence-electron chi connectivity index (χ2n) is 12.3. The predicted molar refractivity (Wildman–Crippen MR) is 195 cm³/mol. The number of rotatable bonds is 15. The van der Waals surface area contributed by atoms with Gasteiger partial charge in [-0.2, -0.15) is 0 Å². The molecule has 1 aliphatic heterocycles. The first-order valence-electron chi connectivity index (χ1n) is 16.8. The fourth-order valence-corrected chi connectivity index (χ4v) is 7.44. The lowest BCUT2D eigenvalue weighted by atomic mass is 9.84. The topological polar surface area (TPSA) is 114 Å². The van der Waals surface area contributed by atoms with Crippen LogP contribution in [-0.2, 0) is 25.8 Å². The fourth-order valence-electron chi connectivity index (χ4n) is 6.05. The summed E-state index contributed by atoms with van der Waals surface area (Å²) in [6.07, 6.45) is -0.302. The molecule has 1 heterocycles. The average molecular weight is 707 g/mol. The van der Waals surface area contributed by atoms with Crippen molar-refractivity contribution in [2.75, 3.05) is 25.5 Å². The SMILES string of the molecule is O=C(NCCc1cccc(F)c1)[C@]1(CCS(=O)(=O)c2ccccc2)N=C(c2ccc(OCCCO)cc2)O[C@@H]1c1ccc(-c2ccccc2)cc1. The minimum Gasteiger partial charge on any atom is -0.494 e. The van der Waals surface area contributed by atoms with Gasteiger partial charge < -0.3 is 19.9 Å². The maximum absolute atomic E-state index is 14.5. The Morgan fingerprint density at radius 2 is 1.51 bits per heavy atom. The second kappa shape index (κ2) is 16.1. The van der Waals surface area contributed by atoms with Crippen molar-refractivity contribution >= 4 is 21.6 Å². The third kappa shape index (κ3) is 8.53. The number of halogens is 1. The van der Waals surface area contributed by atoms with Crippen molar-refractivity contribution in [1.29, 1.82) is 0 Å². The molecule has 262 valence electrons. The van der Waals surface area contributed by atoms with Gasteiger partial charge in [-0.25, -0.2) is 17.8 Å². The molecule has 6 rings (SSSR count). The van der Waals surface area contributed by atoms with E-state index in [1.54, 1.807) is 54.6 Å². The summed E-state index contributed by atoms with van der Waals surface area (Å²) in [4.78, 5) is 19.6. The highest BCUT2D eigenvalue weighted by Crippen LogP contribution is 2.43. The van der Waals surface area contributed by atoms with Crippen LogP contribution in [0.3, 0.4) is 0 Å². The largest absolute Gasteiger partial charge is 0.494 e. The van der Waals surface area contributed by atoms with E-state index in [0.29, 0.717) is 41.9 Å². The normalized spacial score (nSPS) is 17.0. The first-order valence-corrected chi connectivity index (χ1v) is 18.5. The minimum atomic E-state index is -3.82. The van der Waals surface area contributed by atoms with Crippen molar-refractivity contribution in [3.05, 3.63) is 156 Å². The van der Waals surface area contributed by atoms with Crippen LogP contribution < -0.4 is 10.1 Å². The van der Waals surface area contributed by atoms with Crippen molar-refractivity contribution in [2.24, 2.45) is 4.99 Å². The van der Waals surface area contributed by atoms with Crippen LogP contribution in [-0.4, -0.2) is 56.4 Å². The molecule has 5 aromatic carbocycles. The summed E-state index contributed by atoms with van der Waals surface area (Å²) in [5.41, 5.74) is 2.24. The Morgan fingerprint density at radius 1 is 0.843 bits per heavy atom. The van der Waals surface area contributed by atoms with Gasteiger partial charge in [0.1, 0.15) is 11.6 Å². The third-order valence-electron chi connectivity index (χ3n) is 8.79. The maximum atomic E-state index is 14.5. The Hall–Kier alpha value is -5.32. The molecule has 0 spiro atoms. The number of hydrogen-bond acceptors (Lipinski definition) is 7. The molecule has 1 aliphatic rings. The highest BCUT2D eigenvalue weighted by atomic mass is 32.2. The van der Waals surface area contributed by atoms with E-state index in [4.69, 9.17) is 19.6 Å². The number of aliphatic hydroxyl groups excluding tert-OH is 1. The summed E-state index contributed by atoms with van der Waals surface area (Å²) in [6.45, 7) is 0.534. The van der Waals surface area contributed by atoms with Crippen LogP contribution >= 0.6 is 0 Å². The van der Waals surface area contributed by atoms with E-state index in [1.165, 1.54) is 24.3 Å². The lowest BCUT2D eigenvalue weighted by molar-refractivity contribution is -0.129. The Labute approximate surface area is 297 Å². The minimum absolute atomic E-state index is 0.0167. The van der Waals surface area contributed by atoms with E-state index in [0.717, 1.165) is 11.1 Å². The zero-order valence-electron chi connectivity index (χ0n) is 28.0. The van der Waals surface area contributed by atoms with Crippen LogP contribution in [0.25, 0.3) is 11.1 Å². The summed E-state index contributed by atoms with van der Waals surface area (Å²) in [6, 6.07) is 38.8. The Morgan fingerprint density at radius 3 is 2.20 bits per heavy atom. The van der Waals surface area contributed by atoms with Gasteiger partial charge in [-0.15, -0.1) is 0 Å². The molecule has 0 saturated heterocycles.